The zero-order valence-electron chi connectivity index (χ0n) is 10.1. The summed E-state index contributed by atoms with van der Waals surface area (Å²) in [7, 11) is 2.02. The van der Waals surface area contributed by atoms with Crippen molar-refractivity contribution < 1.29 is 4.39 Å². The summed E-state index contributed by atoms with van der Waals surface area (Å²) in [6, 6.07) is 7.18. The first-order valence-corrected chi connectivity index (χ1v) is 6.20. The minimum Gasteiger partial charge on any atom is -0.346 e. The second-order valence-electron chi connectivity index (χ2n) is 4.88. The van der Waals surface area contributed by atoms with Crippen molar-refractivity contribution in [3.63, 3.8) is 0 Å². The fourth-order valence-corrected chi connectivity index (χ4v) is 2.68. The van der Waals surface area contributed by atoms with Gasteiger partial charge in [0.2, 0.25) is 0 Å². The summed E-state index contributed by atoms with van der Waals surface area (Å²) in [6.07, 6.45) is 2.61. The van der Waals surface area contributed by atoms with Crippen LogP contribution >= 0.6 is 0 Å². The number of hydrogen-bond donors (Lipinski definition) is 0. The Kier molecular flexibility index (Phi) is 2.63. The minimum absolute atomic E-state index is 0.161. The summed E-state index contributed by atoms with van der Waals surface area (Å²) < 4.78 is 15.3. The highest BCUT2D eigenvalue weighted by atomic mass is 19.1. The summed E-state index contributed by atoms with van der Waals surface area (Å²) >= 11 is 0. The van der Waals surface area contributed by atoms with Gasteiger partial charge in [-0.05, 0) is 50.2 Å². The van der Waals surface area contributed by atoms with E-state index in [1.54, 1.807) is 6.07 Å². The molecule has 1 fully saturated rings. The molecule has 2 nitrogen and oxygen atoms in total. The van der Waals surface area contributed by atoms with E-state index < -0.39 is 0 Å². The van der Waals surface area contributed by atoms with E-state index >= 15 is 0 Å². The molecule has 3 rings (SSSR count). The normalized spacial score (nSPS) is 17.1. The molecule has 2 heterocycles. The molecule has 0 saturated carbocycles. The third-order valence-electron chi connectivity index (χ3n) is 3.69. The minimum atomic E-state index is -0.161. The molecule has 0 aliphatic carbocycles. The Morgan fingerprint density at radius 2 is 1.94 bits per heavy atom. The quantitative estimate of drug-likeness (QED) is 0.773. The zero-order chi connectivity index (χ0) is 11.8. The number of aryl methyl sites for hydroxylation is 1. The lowest BCUT2D eigenvalue weighted by molar-refractivity contribution is 0.324. The van der Waals surface area contributed by atoms with Crippen LogP contribution in [0.1, 0.15) is 18.5 Å². The van der Waals surface area contributed by atoms with Crippen LogP contribution in [-0.4, -0.2) is 22.6 Å². The summed E-state index contributed by atoms with van der Waals surface area (Å²) in [4.78, 5) is 2.46. The van der Waals surface area contributed by atoms with Gasteiger partial charge >= 0.3 is 0 Å². The van der Waals surface area contributed by atoms with Crippen LogP contribution in [0, 0.1) is 5.82 Å². The van der Waals surface area contributed by atoms with Crippen LogP contribution in [-0.2, 0) is 13.6 Å². The van der Waals surface area contributed by atoms with E-state index in [0.29, 0.717) is 0 Å². The lowest BCUT2D eigenvalue weighted by Crippen LogP contribution is -2.19. The molecule has 0 bridgehead atoms. The van der Waals surface area contributed by atoms with Gasteiger partial charge in [0, 0.05) is 24.7 Å². The van der Waals surface area contributed by atoms with Crippen molar-refractivity contribution in [2.24, 2.45) is 7.05 Å². The number of hydrogen-bond acceptors (Lipinski definition) is 1. The summed E-state index contributed by atoms with van der Waals surface area (Å²) in [5.41, 5.74) is 2.26. The van der Waals surface area contributed by atoms with Gasteiger partial charge in [0.1, 0.15) is 5.82 Å². The predicted molar refractivity (Wildman–Crippen MR) is 67.4 cm³/mol. The molecular weight excluding hydrogens is 215 g/mol. The van der Waals surface area contributed by atoms with Crippen molar-refractivity contribution in [2.75, 3.05) is 13.1 Å². The summed E-state index contributed by atoms with van der Waals surface area (Å²) in [5, 5.41) is 1.13. The van der Waals surface area contributed by atoms with Crippen molar-refractivity contribution in [3.8, 4) is 0 Å². The molecule has 17 heavy (non-hydrogen) atoms. The van der Waals surface area contributed by atoms with Gasteiger partial charge in [0.05, 0.1) is 5.52 Å². The topological polar surface area (TPSA) is 8.17 Å². The highest BCUT2D eigenvalue weighted by Crippen LogP contribution is 2.22. The Hall–Kier alpha value is -1.35. The van der Waals surface area contributed by atoms with Gasteiger partial charge in [0.25, 0.3) is 0 Å². The fraction of sp³-hybridized carbons (Fsp3) is 0.429. The molecule has 0 spiro atoms. The van der Waals surface area contributed by atoms with E-state index in [9.17, 15) is 4.39 Å². The van der Waals surface area contributed by atoms with Crippen LogP contribution in [0.25, 0.3) is 10.9 Å². The van der Waals surface area contributed by atoms with Gasteiger partial charge in [-0.25, -0.2) is 4.39 Å². The summed E-state index contributed by atoms with van der Waals surface area (Å²) in [6.45, 7) is 3.36. The number of rotatable bonds is 2. The van der Waals surface area contributed by atoms with E-state index in [1.807, 2.05) is 13.1 Å². The van der Waals surface area contributed by atoms with Crippen LogP contribution in [0.5, 0.6) is 0 Å². The molecule has 2 aromatic rings. The van der Waals surface area contributed by atoms with E-state index in [-0.39, 0.29) is 5.82 Å². The fourth-order valence-electron chi connectivity index (χ4n) is 2.68. The van der Waals surface area contributed by atoms with Crippen LogP contribution in [0.2, 0.25) is 0 Å². The van der Waals surface area contributed by atoms with E-state index in [1.165, 1.54) is 37.7 Å². The van der Waals surface area contributed by atoms with Gasteiger partial charge in [-0.3, -0.25) is 4.90 Å². The largest absolute Gasteiger partial charge is 0.346 e. The third-order valence-corrected chi connectivity index (χ3v) is 3.69. The van der Waals surface area contributed by atoms with Crippen molar-refractivity contribution in [1.29, 1.82) is 0 Å². The maximum Gasteiger partial charge on any atom is 0.125 e. The smallest absolute Gasteiger partial charge is 0.125 e. The number of nitrogens with zero attached hydrogens (tertiary/aromatic N) is 2. The Bertz CT molecular complexity index is 538. The number of benzene rings is 1. The number of aromatic nitrogens is 1. The molecule has 1 saturated heterocycles. The monoisotopic (exact) mass is 232 g/mol. The lowest BCUT2D eigenvalue weighted by Gasteiger charge is -2.14. The second kappa shape index (κ2) is 4.15. The van der Waals surface area contributed by atoms with Gasteiger partial charge in [-0.2, -0.15) is 0 Å². The standard InChI is InChI=1S/C14H17FN2/c1-16-13(10-17-6-2-3-7-17)8-11-4-5-12(15)9-14(11)16/h4-5,8-9H,2-3,6-7,10H2,1H3. The van der Waals surface area contributed by atoms with Crippen LogP contribution in [0.15, 0.2) is 24.3 Å². The average Bonchev–Trinajstić information content (AvgIpc) is 2.91. The van der Waals surface area contributed by atoms with Gasteiger partial charge in [-0.15, -0.1) is 0 Å². The molecule has 0 unspecified atom stereocenters. The highest BCUT2D eigenvalue weighted by molar-refractivity contribution is 5.81. The van der Waals surface area contributed by atoms with Crippen LogP contribution < -0.4 is 0 Å². The molecule has 1 aromatic heterocycles. The first-order chi connectivity index (χ1) is 8.24. The molecule has 1 aliphatic rings. The summed E-state index contributed by atoms with van der Waals surface area (Å²) in [5.74, 6) is -0.161. The predicted octanol–water partition coefficient (Wildman–Crippen LogP) is 2.91. The van der Waals surface area contributed by atoms with Gasteiger partial charge < -0.3 is 4.57 Å². The lowest BCUT2D eigenvalue weighted by atomic mass is 10.2. The number of fused-ring (bicyclic) bond motifs is 1. The molecule has 0 atom stereocenters. The molecular formula is C14H17FN2. The van der Waals surface area contributed by atoms with E-state index in [4.69, 9.17) is 0 Å². The molecule has 0 amide bonds. The van der Waals surface area contributed by atoms with Gasteiger partial charge in [0.15, 0.2) is 0 Å². The molecule has 90 valence electrons. The molecule has 0 N–H and O–H groups in total. The number of halogens is 1. The van der Waals surface area contributed by atoms with Gasteiger partial charge in [-0.1, -0.05) is 0 Å². The SMILES string of the molecule is Cn1c(CN2CCCC2)cc2ccc(F)cc21. The Labute approximate surface area is 101 Å². The second-order valence-corrected chi connectivity index (χ2v) is 4.88. The average molecular weight is 232 g/mol. The first-order valence-electron chi connectivity index (χ1n) is 6.20. The maximum absolute atomic E-state index is 13.2. The van der Waals surface area contributed by atoms with Crippen LogP contribution in [0.4, 0.5) is 4.39 Å². The Balaban J connectivity index is 1.96. The highest BCUT2D eigenvalue weighted by Gasteiger charge is 2.14. The molecule has 1 aliphatic heterocycles. The Morgan fingerprint density at radius 3 is 2.71 bits per heavy atom. The zero-order valence-corrected chi connectivity index (χ0v) is 10.1. The van der Waals surface area contributed by atoms with E-state index in [0.717, 1.165) is 17.4 Å². The third kappa shape index (κ3) is 1.95. The van der Waals surface area contributed by atoms with E-state index in [2.05, 4.69) is 15.5 Å². The molecule has 1 aromatic carbocycles. The molecule has 3 heteroatoms. The number of likely N-dealkylation sites (tertiary alicyclic amines) is 1. The Morgan fingerprint density at radius 1 is 1.18 bits per heavy atom. The van der Waals surface area contributed by atoms with Crippen molar-refractivity contribution in [3.05, 3.63) is 35.8 Å². The first kappa shape index (κ1) is 10.8. The van der Waals surface area contributed by atoms with Crippen molar-refractivity contribution >= 4 is 10.9 Å². The van der Waals surface area contributed by atoms with Crippen LogP contribution in [0.3, 0.4) is 0 Å². The maximum atomic E-state index is 13.2. The molecule has 0 radical (unpaired) electrons. The van der Waals surface area contributed by atoms with Crippen molar-refractivity contribution in [2.45, 2.75) is 19.4 Å². The van der Waals surface area contributed by atoms with Crippen molar-refractivity contribution in [1.82, 2.24) is 9.47 Å².